The van der Waals surface area contributed by atoms with E-state index in [0.717, 1.165) is 0 Å². The Balaban J connectivity index is 2.56. The van der Waals surface area contributed by atoms with E-state index in [1.807, 2.05) is 13.8 Å². The number of carboxylic acids is 1. The van der Waals surface area contributed by atoms with Crippen LogP contribution in [0, 0.1) is 12.8 Å². The Kier molecular flexibility index (Phi) is 8.11. The summed E-state index contributed by atoms with van der Waals surface area (Å²) >= 11 is 0. The van der Waals surface area contributed by atoms with Crippen LogP contribution in [0.5, 0.6) is 0 Å². The van der Waals surface area contributed by atoms with Gasteiger partial charge < -0.3 is 20.7 Å². The van der Waals surface area contributed by atoms with Gasteiger partial charge in [-0.2, -0.15) is 0 Å². The van der Waals surface area contributed by atoms with Crippen LogP contribution in [0.25, 0.3) is 0 Å². The Morgan fingerprint density at radius 1 is 1.38 bits per heavy atom. The zero-order valence-electron chi connectivity index (χ0n) is 14.4. The smallest absolute Gasteiger partial charge is 0.303 e. The van der Waals surface area contributed by atoms with E-state index in [1.54, 1.807) is 6.92 Å². The second-order valence-corrected chi connectivity index (χ2v) is 6.17. The zero-order valence-corrected chi connectivity index (χ0v) is 14.4. The SMILES string of the molecule is Cc1ncc(CNC(=O)[C@H](CC(C)C)NCCCC(=O)O)c(=O)[nH]1. The van der Waals surface area contributed by atoms with Gasteiger partial charge in [-0.3, -0.25) is 14.4 Å². The van der Waals surface area contributed by atoms with Crippen molar-refractivity contribution in [3.8, 4) is 0 Å². The molecule has 0 aliphatic heterocycles. The van der Waals surface area contributed by atoms with Crippen LogP contribution < -0.4 is 16.2 Å². The van der Waals surface area contributed by atoms with Crippen molar-refractivity contribution < 1.29 is 14.7 Å². The lowest BCUT2D eigenvalue weighted by molar-refractivity contribution is -0.137. The molecule has 0 fully saturated rings. The molecule has 24 heavy (non-hydrogen) atoms. The summed E-state index contributed by atoms with van der Waals surface area (Å²) in [7, 11) is 0. The first-order chi connectivity index (χ1) is 11.3. The molecule has 0 saturated heterocycles. The van der Waals surface area contributed by atoms with E-state index < -0.39 is 12.0 Å². The number of aromatic amines is 1. The monoisotopic (exact) mass is 338 g/mol. The summed E-state index contributed by atoms with van der Waals surface area (Å²) in [5.74, 6) is -0.239. The standard InChI is InChI=1S/C16H26N4O4/c1-10(2)7-13(17-6-4-5-14(21)22)16(24)19-9-12-8-18-11(3)20-15(12)23/h8,10,13,17H,4-7,9H2,1-3H3,(H,19,24)(H,21,22)(H,18,20,23)/t13-/m0/s1. The van der Waals surface area contributed by atoms with Crippen molar-refractivity contribution in [3.63, 3.8) is 0 Å². The largest absolute Gasteiger partial charge is 0.481 e. The van der Waals surface area contributed by atoms with Gasteiger partial charge in [0.05, 0.1) is 11.6 Å². The number of nitrogens with one attached hydrogen (secondary N) is 3. The van der Waals surface area contributed by atoms with Crippen molar-refractivity contribution in [2.75, 3.05) is 6.54 Å². The number of H-pyrrole nitrogens is 1. The average molecular weight is 338 g/mol. The molecule has 0 saturated carbocycles. The third kappa shape index (κ3) is 7.36. The van der Waals surface area contributed by atoms with E-state index >= 15 is 0 Å². The molecule has 1 amide bonds. The lowest BCUT2D eigenvalue weighted by atomic mass is 10.0. The van der Waals surface area contributed by atoms with Crippen LogP contribution in [0.1, 0.15) is 44.5 Å². The quantitative estimate of drug-likeness (QED) is 0.462. The Hall–Kier alpha value is -2.22. The molecule has 0 spiro atoms. The minimum absolute atomic E-state index is 0.0629. The number of carbonyl (C=O) groups excluding carboxylic acids is 1. The van der Waals surface area contributed by atoms with Crippen molar-refractivity contribution in [1.29, 1.82) is 0 Å². The summed E-state index contributed by atoms with van der Waals surface area (Å²) in [4.78, 5) is 41.2. The summed E-state index contributed by atoms with van der Waals surface area (Å²) in [6.45, 7) is 6.25. The Bertz CT molecular complexity index is 612. The van der Waals surface area contributed by atoms with Crippen LogP contribution in [-0.4, -0.2) is 39.5 Å². The van der Waals surface area contributed by atoms with E-state index in [0.29, 0.717) is 36.7 Å². The average Bonchev–Trinajstić information content (AvgIpc) is 2.48. The topological polar surface area (TPSA) is 124 Å². The first-order valence-electron chi connectivity index (χ1n) is 8.07. The maximum Gasteiger partial charge on any atom is 0.303 e. The molecule has 0 unspecified atom stereocenters. The molecular formula is C16H26N4O4. The highest BCUT2D eigenvalue weighted by atomic mass is 16.4. The van der Waals surface area contributed by atoms with Crippen molar-refractivity contribution in [2.45, 2.75) is 52.6 Å². The minimum Gasteiger partial charge on any atom is -0.481 e. The molecule has 1 heterocycles. The van der Waals surface area contributed by atoms with Crippen LogP contribution in [0.15, 0.2) is 11.0 Å². The summed E-state index contributed by atoms with van der Waals surface area (Å²) < 4.78 is 0. The number of rotatable bonds is 10. The number of hydrogen-bond donors (Lipinski definition) is 4. The Labute approximate surface area is 141 Å². The van der Waals surface area contributed by atoms with Gasteiger partial charge >= 0.3 is 5.97 Å². The maximum atomic E-state index is 12.3. The summed E-state index contributed by atoms with van der Waals surface area (Å²) in [5, 5.41) is 14.5. The normalized spacial score (nSPS) is 12.2. The van der Waals surface area contributed by atoms with Crippen LogP contribution in [-0.2, 0) is 16.1 Å². The van der Waals surface area contributed by atoms with Crippen molar-refractivity contribution >= 4 is 11.9 Å². The highest BCUT2D eigenvalue weighted by Gasteiger charge is 2.19. The van der Waals surface area contributed by atoms with Gasteiger partial charge in [0.25, 0.3) is 5.56 Å². The molecule has 4 N–H and O–H groups in total. The van der Waals surface area contributed by atoms with E-state index in [9.17, 15) is 14.4 Å². The number of carbonyl (C=O) groups is 2. The van der Waals surface area contributed by atoms with Gasteiger partial charge in [-0.25, -0.2) is 4.98 Å². The minimum atomic E-state index is -0.854. The number of hydrogen-bond acceptors (Lipinski definition) is 5. The first kappa shape index (κ1) is 19.8. The zero-order chi connectivity index (χ0) is 18.1. The Morgan fingerprint density at radius 2 is 2.08 bits per heavy atom. The molecule has 0 aromatic carbocycles. The summed E-state index contributed by atoms with van der Waals surface area (Å²) in [6.07, 6.45) is 2.60. The van der Waals surface area contributed by atoms with Gasteiger partial charge in [0.15, 0.2) is 0 Å². The molecular weight excluding hydrogens is 312 g/mol. The fraction of sp³-hybridized carbons (Fsp3) is 0.625. The number of nitrogens with zero attached hydrogens (tertiary/aromatic N) is 1. The highest BCUT2D eigenvalue weighted by molar-refractivity contribution is 5.81. The second-order valence-electron chi connectivity index (χ2n) is 6.17. The van der Waals surface area contributed by atoms with Gasteiger partial charge in [-0.15, -0.1) is 0 Å². The number of aryl methyl sites for hydroxylation is 1. The highest BCUT2D eigenvalue weighted by Crippen LogP contribution is 2.05. The second kappa shape index (κ2) is 9.82. The van der Waals surface area contributed by atoms with Crippen LogP contribution >= 0.6 is 0 Å². The Morgan fingerprint density at radius 3 is 2.67 bits per heavy atom. The van der Waals surface area contributed by atoms with Gasteiger partial charge in [0, 0.05) is 19.2 Å². The third-order valence-corrected chi connectivity index (χ3v) is 3.43. The molecule has 0 aliphatic rings. The summed E-state index contributed by atoms with van der Waals surface area (Å²) in [6, 6.07) is -0.420. The lowest BCUT2D eigenvalue weighted by Gasteiger charge is -2.20. The molecule has 134 valence electrons. The molecule has 1 aromatic rings. The van der Waals surface area contributed by atoms with E-state index in [2.05, 4.69) is 20.6 Å². The third-order valence-electron chi connectivity index (χ3n) is 3.43. The molecule has 0 radical (unpaired) electrons. The number of carboxylic acid groups (broad SMARTS) is 1. The van der Waals surface area contributed by atoms with Crippen LogP contribution in [0.4, 0.5) is 0 Å². The van der Waals surface area contributed by atoms with Crippen molar-refractivity contribution in [3.05, 3.63) is 27.9 Å². The van der Waals surface area contributed by atoms with Crippen molar-refractivity contribution in [1.82, 2.24) is 20.6 Å². The van der Waals surface area contributed by atoms with Gasteiger partial charge in [0.1, 0.15) is 5.82 Å². The van der Waals surface area contributed by atoms with E-state index in [4.69, 9.17) is 5.11 Å². The molecule has 0 aliphatic carbocycles. The van der Waals surface area contributed by atoms with Gasteiger partial charge in [-0.05, 0) is 32.2 Å². The van der Waals surface area contributed by atoms with Gasteiger partial charge in [-0.1, -0.05) is 13.8 Å². The van der Waals surface area contributed by atoms with Gasteiger partial charge in [0.2, 0.25) is 5.91 Å². The molecule has 0 bridgehead atoms. The lowest BCUT2D eigenvalue weighted by Crippen LogP contribution is -2.45. The van der Waals surface area contributed by atoms with Crippen LogP contribution in [0.3, 0.4) is 0 Å². The predicted octanol–water partition coefficient (Wildman–Crippen LogP) is 0.564. The molecule has 1 aromatic heterocycles. The van der Waals surface area contributed by atoms with Crippen LogP contribution in [0.2, 0.25) is 0 Å². The molecule has 1 atom stereocenters. The fourth-order valence-corrected chi connectivity index (χ4v) is 2.21. The number of amides is 1. The fourth-order valence-electron chi connectivity index (χ4n) is 2.21. The molecule has 1 rings (SSSR count). The first-order valence-corrected chi connectivity index (χ1v) is 8.07. The molecule has 8 heteroatoms. The van der Waals surface area contributed by atoms with E-state index in [-0.39, 0.29) is 24.4 Å². The predicted molar refractivity (Wildman–Crippen MR) is 89.6 cm³/mol. The molecule has 8 nitrogen and oxygen atoms in total. The number of aromatic nitrogens is 2. The summed E-state index contributed by atoms with van der Waals surface area (Å²) in [5.41, 5.74) is 0.126. The number of aliphatic carboxylic acids is 1. The van der Waals surface area contributed by atoms with Crippen molar-refractivity contribution in [2.24, 2.45) is 5.92 Å². The maximum absolute atomic E-state index is 12.3. The van der Waals surface area contributed by atoms with E-state index in [1.165, 1.54) is 6.20 Å².